The lowest BCUT2D eigenvalue weighted by Crippen LogP contribution is -2.37. The largest absolute Gasteiger partial charge is 0.469 e. The van der Waals surface area contributed by atoms with Crippen molar-refractivity contribution < 1.29 is 14.5 Å². The van der Waals surface area contributed by atoms with Crippen LogP contribution in [-0.4, -0.2) is 47.1 Å². The van der Waals surface area contributed by atoms with Crippen molar-refractivity contribution in [1.29, 1.82) is 0 Å². The molecule has 1 saturated carbocycles. The van der Waals surface area contributed by atoms with Crippen molar-refractivity contribution in [2.24, 2.45) is 5.92 Å². The number of piperidine rings is 1. The minimum atomic E-state index is -0.474. The normalized spacial score (nSPS) is 18.6. The fourth-order valence-electron chi connectivity index (χ4n) is 2.66. The van der Waals surface area contributed by atoms with Gasteiger partial charge in [-0.3, -0.25) is 14.9 Å². The summed E-state index contributed by atoms with van der Waals surface area (Å²) in [6.07, 6.45) is 4.58. The third kappa shape index (κ3) is 3.49. The molecule has 0 radical (unpaired) electrons. The molecule has 1 aliphatic heterocycles. The summed E-state index contributed by atoms with van der Waals surface area (Å²) in [5.74, 6) is 0.448. The molecule has 1 aromatic rings. The van der Waals surface area contributed by atoms with Crippen LogP contribution >= 0.6 is 0 Å². The van der Waals surface area contributed by atoms with Crippen LogP contribution in [0.3, 0.4) is 0 Å². The van der Waals surface area contributed by atoms with Gasteiger partial charge in [-0.2, -0.15) is 4.98 Å². The van der Waals surface area contributed by atoms with Crippen molar-refractivity contribution in [2.75, 3.05) is 30.4 Å². The van der Waals surface area contributed by atoms with E-state index in [-0.39, 0.29) is 29.4 Å². The van der Waals surface area contributed by atoms with Gasteiger partial charge in [0.2, 0.25) is 11.8 Å². The van der Waals surface area contributed by atoms with Crippen LogP contribution in [0.2, 0.25) is 0 Å². The molecular weight excluding hydrogens is 302 g/mol. The van der Waals surface area contributed by atoms with Crippen molar-refractivity contribution in [2.45, 2.75) is 31.7 Å². The van der Waals surface area contributed by atoms with E-state index in [1.807, 2.05) is 4.90 Å². The number of anilines is 2. The molecule has 0 aromatic carbocycles. The van der Waals surface area contributed by atoms with Gasteiger partial charge in [0, 0.05) is 19.1 Å². The second kappa shape index (κ2) is 6.35. The lowest BCUT2D eigenvalue weighted by molar-refractivity contribution is -0.384. The molecule has 0 unspecified atom stereocenters. The summed E-state index contributed by atoms with van der Waals surface area (Å²) in [5, 5.41) is 14.2. The van der Waals surface area contributed by atoms with E-state index in [9.17, 15) is 14.9 Å². The highest BCUT2D eigenvalue weighted by molar-refractivity contribution is 5.72. The number of carbonyl (C=O) groups excluding carboxylic acids is 1. The first-order valence-electron chi connectivity index (χ1n) is 7.69. The summed E-state index contributed by atoms with van der Waals surface area (Å²) in [7, 11) is 1.39. The highest BCUT2D eigenvalue weighted by Crippen LogP contribution is 2.31. The third-order valence-electron chi connectivity index (χ3n) is 4.18. The number of hydrogen-bond acceptors (Lipinski definition) is 8. The molecule has 2 fully saturated rings. The molecule has 3 rings (SSSR count). The Morgan fingerprint density at radius 2 is 2.09 bits per heavy atom. The maximum absolute atomic E-state index is 11.6. The predicted molar refractivity (Wildman–Crippen MR) is 82.3 cm³/mol. The van der Waals surface area contributed by atoms with Gasteiger partial charge in [0.05, 0.1) is 18.0 Å². The number of nitrogens with zero attached hydrogens (tertiary/aromatic N) is 4. The zero-order chi connectivity index (χ0) is 16.4. The second-order valence-corrected chi connectivity index (χ2v) is 5.86. The van der Waals surface area contributed by atoms with E-state index < -0.39 is 4.92 Å². The minimum absolute atomic E-state index is 0.0987. The number of nitro groups is 1. The Hall–Kier alpha value is -2.45. The quantitative estimate of drug-likeness (QED) is 0.491. The van der Waals surface area contributed by atoms with Crippen LogP contribution in [0.4, 0.5) is 17.5 Å². The maximum atomic E-state index is 11.6. The van der Waals surface area contributed by atoms with Crippen LogP contribution in [0, 0.1) is 16.0 Å². The van der Waals surface area contributed by atoms with Gasteiger partial charge in [0.15, 0.2) is 0 Å². The van der Waals surface area contributed by atoms with Gasteiger partial charge < -0.3 is 15.0 Å². The fraction of sp³-hybridized carbons (Fsp3) is 0.643. The van der Waals surface area contributed by atoms with E-state index in [4.69, 9.17) is 4.74 Å². The van der Waals surface area contributed by atoms with E-state index >= 15 is 0 Å². The van der Waals surface area contributed by atoms with E-state index in [0.717, 1.165) is 12.8 Å². The van der Waals surface area contributed by atoms with Crippen LogP contribution in [0.15, 0.2) is 6.20 Å². The maximum Gasteiger partial charge on any atom is 0.329 e. The monoisotopic (exact) mass is 321 g/mol. The van der Waals surface area contributed by atoms with Crippen molar-refractivity contribution in [1.82, 2.24) is 9.97 Å². The number of nitrogens with one attached hydrogen (secondary N) is 1. The van der Waals surface area contributed by atoms with Gasteiger partial charge in [0.25, 0.3) is 0 Å². The first kappa shape index (κ1) is 15.4. The van der Waals surface area contributed by atoms with E-state index in [0.29, 0.717) is 31.9 Å². The Balaban J connectivity index is 1.73. The van der Waals surface area contributed by atoms with Crippen LogP contribution in [0.5, 0.6) is 0 Å². The van der Waals surface area contributed by atoms with Crippen LogP contribution in [0.1, 0.15) is 25.7 Å². The highest BCUT2D eigenvalue weighted by Gasteiger charge is 2.30. The van der Waals surface area contributed by atoms with Gasteiger partial charge in [-0.25, -0.2) is 4.98 Å². The molecule has 124 valence electrons. The summed E-state index contributed by atoms with van der Waals surface area (Å²) in [5.41, 5.74) is -0.106. The van der Waals surface area contributed by atoms with E-state index in [1.165, 1.54) is 13.3 Å². The molecule has 1 aromatic heterocycles. The van der Waals surface area contributed by atoms with E-state index in [2.05, 4.69) is 15.3 Å². The molecule has 0 amide bonds. The molecule has 0 spiro atoms. The average Bonchev–Trinajstić information content (AvgIpc) is 3.38. The molecule has 1 aliphatic carbocycles. The van der Waals surface area contributed by atoms with Crippen molar-refractivity contribution in [3.05, 3.63) is 16.3 Å². The Morgan fingerprint density at radius 1 is 1.39 bits per heavy atom. The molecule has 1 saturated heterocycles. The molecule has 2 aliphatic rings. The first-order chi connectivity index (χ1) is 11.1. The molecular formula is C14H19N5O4. The molecule has 0 atom stereocenters. The topological polar surface area (TPSA) is 110 Å². The number of carbonyl (C=O) groups is 1. The van der Waals surface area contributed by atoms with Gasteiger partial charge in [-0.15, -0.1) is 0 Å². The molecule has 23 heavy (non-hydrogen) atoms. The number of ether oxygens (including phenoxy) is 1. The zero-order valence-electron chi connectivity index (χ0n) is 12.9. The summed E-state index contributed by atoms with van der Waals surface area (Å²) < 4.78 is 4.77. The smallest absolute Gasteiger partial charge is 0.329 e. The SMILES string of the molecule is COC(=O)C1CCN(c2ncc([N+](=O)[O-])c(NC3CC3)n2)CC1. The van der Waals surface area contributed by atoms with Crippen molar-refractivity contribution >= 4 is 23.4 Å². The molecule has 9 heteroatoms. The summed E-state index contributed by atoms with van der Waals surface area (Å²) in [4.78, 5) is 32.6. The van der Waals surface area contributed by atoms with Gasteiger partial charge in [-0.1, -0.05) is 0 Å². The lowest BCUT2D eigenvalue weighted by Gasteiger charge is -2.30. The average molecular weight is 321 g/mol. The summed E-state index contributed by atoms with van der Waals surface area (Å²) >= 11 is 0. The van der Waals surface area contributed by atoms with Crippen molar-refractivity contribution in [3.63, 3.8) is 0 Å². The Bertz CT molecular complexity index is 611. The van der Waals surface area contributed by atoms with E-state index in [1.54, 1.807) is 0 Å². The Labute approximate surface area is 133 Å². The lowest BCUT2D eigenvalue weighted by atomic mass is 9.97. The number of esters is 1. The fourth-order valence-corrected chi connectivity index (χ4v) is 2.66. The molecule has 9 nitrogen and oxygen atoms in total. The number of methoxy groups -OCH3 is 1. The Kier molecular flexibility index (Phi) is 4.26. The van der Waals surface area contributed by atoms with Gasteiger partial charge in [-0.05, 0) is 25.7 Å². The van der Waals surface area contributed by atoms with Crippen molar-refractivity contribution in [3.8, 4) is 0 Å². The van der Waals surface area contributed by atoms with Crippen LogP contribution in [-0.2, 0) is 9.53 Å². The Morgan fingerprint density at radius 3 is 2.65 bits per heavy atom. The highest BCUT2D eigenvalue weighted by atomic mass is 16.6. The van der Waals surface area contributed by atoms with Gasteiger partial charge in [0.1, 0.15) is 6.20 Å². The number of rotatable bonds is 5. The summed E-state index contributed by atoms with van der Waals surface area (Å²) in [6.45, 7) is 1.25. The third-order valence-corrected chi connectivity index (χ3v) is 4.18. The standard InChI is InChI=1S/C14H19N5O4/c1-23-13(20)9-4-6-18(7-5-9)14-15-8-11(19(21)22)12(17-14)16-10-2-3-10/h8-10H,2-7H2,1H3,(H,15,16,17). The number of hydrogen-bond donors (Lipinski definition) is 1. The molecule has 2 heterocycles. The van der Waals surface area contributed by atoms with Crippen LogP contribution < -0.4 is 10.2 Å². The molecule has 0 bridgehead atoms. The van der Waals surface area contributed by atoms with Gasteiger partial charge >= 0.3 is 11.7 Å². The predicted octanol–water partition coefficient (Wildman–Crippen LogP) is 1.35. The second-order valence-electron chi connectivity index (χ2n) is 5.86. The zero-order valence-corrected chi connectivity index (χ0v) is 12.9. The van der Waals surface area contributed by atoms with Crippen LogP contribution in [0.25, 0.3) is 0 Å². The first-order valence-corrected chi connectivity index (χ1v) is 7.69. The summed E-state index contributed by atoms with van der Waals surface area (Å²) in [6, 6.07) is 0.265. The number of aromatic nitrogens is 2. The molecule has 1 N–H and O–H groups in total. The minimum Gasteiger partial charge on any atom is -0.469 e.